The number of carbonyl (C=O) groups excluding carboxylic acids is 2. The number of benzene rings is 1. The van der Waals surface area contributed by atoms with Crippen molar-refractivity contribution >= 4 is 17.6 Å². The summed E-state index contributed by atoms with van der Waals surface area (Å²) in [6, 6.07) is 12.2. The Bertz CT molecular complexity index is 944. The summed E-state index contributed by atoms with van der Waals surface area (Å²) in [6.45, 7) is 0.392. The number of hydrogen-bond acceptors (Lipinski definition) is 4. The maximum absolute atomic E-state index is 12.2. The Morgan fingerprint density at radius 2 is 1.89 bits per heavy atom. The number of hydrogen-bond donors (Lipinski definition) is 3. The first kappa shape index (κ1) is 17.9. The lowest BCUT2D eigenvalue weighted by Gasteiger charge is -2.22. The lowest BCUT2D eigenvalue weighted by Crippen LogP contribution is -2.38. The van der Waals surface area contributed by atoms with E-state index in [-0.39, 0.29) is 23.7 Å². The van der Waals surface area contributed by atoms with Crippen LogP contribution in [0.5, 0.6) is 0 Å². The van der Waals surface area contributed by atoms with Crippen LogP contribution in [0.3, 0.4) is 0 Å². The highest BCUT2D eigenvalue weighted by molar-refractivity contribution is 6.02. The van der Waals surface area contributed by atoms with Gasteiger partial charge in [-0.3, -0.25) is 4.79 Å². The van der Waals surface area contributed by atoms with Gasteiger partial charge in [0.05, 0.1) is 18.6 Å². The molecule has 0 saturated carbocycles. The first-order valence-corrected chi connectivity index (χ1v) is 9.23. The predicted molar refractivity (Wildman–Crippen MR) is 103 cm³/mol. The molecule has 0 spiro atoms. The van der Waals surface area contributed by atoms with Gasteiger partial charge in [-0.2, -0.15) is 0 Å². The summed E-state index contributed by atoms with van der Waals surface area (Å²) >= 11 is 0. The number of urea groups is 1. The molecule has 28 heavy (non-hydrogen) atoms. The maximum atomic E-state index is 12.2. The molecule has 1 aliphatic rings. The van der Waals surface area contributed by atoms with Gasteiger partial charge in [-0.25, -0.2) is 4.79 Å². The van der Waals surface area contributed by atoms with Crippen molar-refractivity contribution < 1.29 is 18.4 Å². The fourth-order valence-corrected chi connectivity index (χ4v) is 3.33. The molecule has 0 fully saturated rings. The Morgan fingerprint density at radius 3 is 2.68 bits per heavy atom. The van der Waals surface area contributed by atoms with Gasteiger partial charge < -0.3 is 24.8 Å². The van der Waals surface area contributed by atoms with Crippen LogP contribution in [0.1, 0.15) is 46.3 Å². The monoisotopic (exact) mass is 379 g/mol. The molecule has 3 aromatic rings. The molecule has 3 amide bonds. The third-order valence-corrected chi connectivity index (χ3v) is 4.77. The molecule has 0 bridgehead atoms. The Hall–Kier alpha value is -3.48. The van der Waals surface area contributed by atoms with Crippen molar-refractivity contribution in [3.8, 4) is 0 Å². The number of aryl methyl sites for hydroxylation is 1. The molecule has 2 aromatic heterocycles. The van der Waals surface area contributed by atoms with Crippen LogP contribution in [0.4, 0.5) is 10.5 Å². The van der Waals surface area contributed by atoms with Gasteiger partial charge in [-0.05, 0) is 48.7 Å². The van der Waals surface area contributed by atoms with Crippen LogP contribution in [0.15, 0.2) is 63.8 Å². The van der Waals surface area contributed by atoms with Crippen molar-refractivity contribution in [2.45, 2.75) is 31.8 Å². The van der Waals surface area contributed by atoms with E-state index in [0.717, 1.165) is 36.1 Å². The fourth-order valence-electron chi connectivity index (χ4n) is 3.33. The molecule has 0 saturated heterocycles. The van der Waals surface area contributed by atoms with Gasteiger partial charge in [0, 0.05) is 24.2 Å². The minimum Gasteiger partial charge on any atom is -0.469 e. The highest BCUT2D eigenvalue weighted by Crippen LogP contribution is 2.30. The van der Waals surface area contributed by atoms with Gasteiger partial charge in [-0.15, -0.1) is 0 Å². The fraction of sp³-hybridized carbons (Fsp3) is 0.238. The van der Waals surface area contributed by atoms with Crippen molar-refractivity contribution in [1.82, 2.24) is 10.6 Å². The molecule has 1 aliphatic carbocycles. The van der Waals surface area contributed by atoms with Crippen LogP contribution in [0, 0.1) is 0 Å². The number of fused-ring (bicyclic) bond motifs is 1. The molecule has 1 aromatic carbocycles. The molecule has 4 rings (SSSR count). The van der Waals surface area contributed by atoms with E-state index < -0.39 is 0 Å². The number of carbonyl (C=O) groups is 2. The quantitative estimate of drug-likeness (QED) is 0.624. The Balaban J connectivity index is 1.27. The van der Waals surface area contributed by atoms with Gasteiger partial charge in [0.1, 0.15) is 5.76 Å². The van der Waals surface area contributed by atoms with E-state index in [1.165, 1.54) is 6.26 Å². The molecule has 3 N–H and O–H groups in total. The Kier molecular flexibility index (Phi) is 5.14. The zero-order valence-corrected chi connectivity index (χ0v) is 15.2. The van der Waals surface area contributed by atoms with Crippen LogP contribution < -0.4 is 16.0 Å². The number of nitrogens with one attached hydrogen (secondary N) is 3. The number of anilines is 1. The predicted octanol–water partition coefficient (Wildman–Crippen LogP) is 4.00. The maximum Gasteiger partial charge on any atom is 0.315 e. The van der Waals surface area contributed by atoms with Crippen molar-refractivity contribution in [3.63, 3.8) is 0 Å². The molecular formula is C21H21N3O4. The minimum atomic E-state index is -0.304. The van der Waals surface area contributed by atoms with E-state index in [4.69, 9.17) is 8.83 Å². The van der Waals surface area contributed by atoms with Gasteiger partial charge in [0.2, 0.25) is 0 Å². The average Bonchev–Trinajstić information content (AvgIpc) is 3.40. The summed E-state index contributed by atoms with van der Waals surface area (Å²) in [7, 11) is 0. The first-order chi connectivity index (χ1) is 13.7. The van der Waals surface area contributed by atoms with Crippen molar-refractivity contribution in [2.24, 2.45) is 0 Å². The van der Waals surface area contributed by atoms with Crippen LogP contribution in [0.25, 0.3) is 0 Å². The SMILES string of the molecule is O=C(NCc1ccc(NC(=O)c2ccco2)cc1)NC1CCCc2occc21. The topological polar surface area (TPSA) is 96.5 Å². The zero-order valence-electron chi connectivity index (χ0n) is 15.2. The standard InChI is InChI=1S/C21H21N3O4/c25-20(19-5-2-11-27-19)23-15-8-6-14(7-9-15)13-22-21(26)24-17-3-1-4-18-16(17)10-12-28-18/h2,5-12,17H,1,3-4,13H2,(H,23,25)(H2,22,24,26). The molecule has 1 atom stereocenters. The number of amides is 3. The number of furan rings is 2. The Labute approximate surface area is 162 Å². The third kappa shape index (κ3) is 4.09. The van der Waals surface area contributed by atoms with Gasteiger partial charge >= 0.3 is 6.03 Å². The van der Waals surface area contributed by atoms with Gasteiger partial charge in [0.15, 0.2) is 5.76 Å². The van der Waals surface area contributed by atoms with Crippen LogP contribution in [-0.4, -0.2) is 11.9 Å². The first-order valence-electron chi connectivity index (χ1n) is 9.23. The van der Waals surface area contributed by atoms with E-state index in [2.05, 4.69) is 16.0 Å². The number of rotatable bonds is 5. The molecule has 0 radical (unpaired) electrons. The van der Waals surface area contributed by atoms with Crippen LogP contribution in [0.2, 0.25) is 0 Å². The third-order valence-electron chi connectivity index (χ3n) is 4.77. The van der Waals surface area contributed by atoms with Crippen molar-refractivity contribution in [3.05, 3.63) is 77.6 Å². The second-order valence-electron chi connectivity index (χ2n) is 6.70. The second kappa shape index (κ2) is 8.04. The largest absolute Gasteiger partial charge is 0.469 e. The molecule has 2 heterocycles. The zero-order chi connectivity index (χ0) is 19.3. The highest BCUT2D eigenvalue weighted by Gasteiger charge is 2.23. The summed E-state index contributed by atoms with van der Waals surface area (Å²) in [5, 5.41) is 8.63. The summed E-state index contributed by atoms with van der Waals surface area (Å²) in [5.41, 5.74) is 2.65. The molecular weight excluding hydrogens is 358 g/mol. The molecule has 1 unspecified atom stereocenters. The molecule has 0 aliphatic heterocycles. The van der Waals surface area contributed by atoms with Crippen molar-refractivity contribution in [1.29, 1.82) is 0 Å². The minimum absolute atomic E-state index is 0.0123. The van der Waals surface area contributed by atoms with E-state index in [9.17, 15) is 9.59 Å². The van der Waals surface area contributed by atoms with E-state index >= 15 is 0 Å². The van der Waals surface area contributed by atoms with Gasteiger partial charge in [-0.1, -0.05) is 12.1 Å². The molecule has 7 heteroatoms. The van der Waals surface area contributed by atoms with Crippen LogP contribution >= 0.6 is 0 Å². The average molecular weight is 379 g/mol. The van der Waals surface area contributed by atoms with E-state index in [1.54, 1.807) is 30.5 Å². The van der Waals surface area contributed by atoms with Crippen molar-refractivity contribution in [2.75, 3.05) is 5.32 Å². The second-order valence-corrected chi connectivity index (χ2v) is 6.70. The summed E-state index contributed by atoms with van der Waals surface area (Å²) in [4.78, 5) is 24.2. The van der Waals surface area contributed by atoms with E-state index in [1.807, 2.05) is 18.2 Å². The summed E-state index contributed by atoms with van der Waals surface area (Å²) in [5.74, 6) is 0.913. The molecule has 7 nitrogen and oxygen atoms in total. The van der Waals surface area contributed by atoms with Crippen LogP contribution in [-0.2, 0) is 13.0 Å². The smallest absolute Gasteiger partial charge is 0.315 e. The highest BCUT2D eigenvalue weighted by atomic mass is 16.3. The normalized spacial score (nSPS) is 15.5. The summed E-state index contributed by atoms with van der Waals surface area (Å²) < 4.78 is 10.5. The molecule has 144 valence electrons. The van der Waals surface area contributed by atoms with E-state index in [0.29, 0.717) is 12.2 Å². The van der Waals surface area contributed by atoms with Gasteiger partial charge in [0.25, 0.3) is 5.91 Å². The lowest BCUT2D eigenvalue weighted by molar-refractivity contribution is 0.0996. The summed E-state index contributed by atoms with van der Waals surface area (Å²) in [6.07, 6.45) is 5.95. The lowest BCUT2D eigenvalue weighted by atomic mass is 9.93. The Morgan fingerprint density at radius 1 is 1.04 bits per heavy atom.